The van der Waals surface area contributed by atoms with Crippen LogP contribution in [-0.4, -0.2) is 38.0 Å². The van der Waals surface area contributed by atoms with Gasteiger partial charge in [0.15, 0.2) is 0 Å². The zero-order chi connectivity index (χ0) is 30.2. The van der Waals surface area contributed by atoms with Gasteiger partial charge in [-0.25, -0.2) is 4.39 Å². The van der Waals surface area contributed by atoms with E-state index in [9.17, 15) is 29.5 Å². The van der Waals surface area contributed by atoms with E-state index in [1.807, 2.05) is 24.3 Å². The number of esters is 1. The summed E-state index contributed by atoms with van der Waals surface area (Å²) >= 11 is 0. The summed E-state index contributed by atoms with van der Waals surface area (Å²) in [7, 11) is 0. The number of aliphatic hydroxyl groups is 2. The Balaban J connectivity index is 1.40. The predicted octanol–water partition coefficient (Wildman–Crippen LogP) is 6.00. The molecule has 0 aliphatic carbocycles. The number of aromatic nitrogens is 1. The fourth-order valence-electron chi connectivity index (χ4n) is 4.84. The number of hydrogen-bond donors (Lipinski definition) is 2. The molecule has 4 rings (SSSR count). The first kappa shape index (κ1) is 30.4. The molecular weight excluding hydrogens is 543 g/mol. The van der Waals surface area contributed by atoms with Crippen LogP contribution in [0.1, 0.15) is 49.6 Å². The molecule has 0 aliphatic heterocycles. The lowest BCUT2D eigenvalue weighted by Gasteiger charge is -2.15. The van der Waals surface area contributed by atoms with Crippen molar-refractivity contribution in [1.29, 1.82) is 0 Å². The van der Waals surface area contributed by atoms with Crippen molar-refractivity contribution in [3.8, 4) is 11.1 Å². The lowest BCUT2D eigenvalue weighted by molar-refractivity contribution is -0.763. The largest absolute Gasteiger partial charge is 0.461 e. The summed E-state index contributed by atoms with van der Waals surface area (Å²) in [5.41, 5.74) is 4.85. The summed E-state index contributed by atoms with van der Waals surface area (Å²) in [4.78, 5) is 26.9. The van der Waals surface area contributed by atoms with Gasteiger partial charge in [-0.3, -0.25) is 4.79 Å². The quantitative estimate of drug-likeness (QED) is 0.114. The molecule has 0 unspecified atom stereocenters. The van der Waals surface area contributed by atoms with Crippen LogP contribution in [0.3, 0.4) is 0 Å². The topological polar surface area (TPSA) is 124 Å². The van der Waals surface area contributed by atoms with Crippen LogP contribution in [0.5, 0.6) is 0 Å². The number of hydrogen-bond acceptors (Lipinski definition) is 7. The highest BCUT2D eigenvalue weighted by atomic mass is 19.1. The molecule has 2 atom stereocenters. The Morgan fingerprint density at radius 3 is 2.29 bits per heavy atom. The van der Waals surface area contributed by atoms with Crippen molar-refractivity contribution >= 4 is 22.9 Å². The SMILES string of the molecule is CC(C)n1c(/C=C/[C@H](O)C[C@H](O)CC(=O)OCc2ccc(CO[N+](=O)[O-])cc2)c(-c2ccc(F)cc2)c2ccccc21. The number of para-hydroxylation sites is 1. The molecule has 0 radical (unpaired) electrons. The zero-order valence-corrected chi connectivity index (χ0v) is 23.4. The summed E-state index contributed by atoms with van der Waals surface area (Å²) in [6.45, 7) is 3.91. The van der Waals surface area contributed by atoms with E-state index >= 15 is 0 Å². The Morgan fingerprint density at radius 2 is 1.64 bits per heavy atom. The number of aliphatic hydroxyl groups excluding tert-OH is 2. The van der Waals surface area contributed by atoms with E-state index in [4.69, 9.17) is 4.74 Å². The molecule has 0 spiro atoms. The van der Waals surface area contributed by atoms with Gasteiger partial charge < -0.3 is 24.4 Å². The van der Waals surface area contributed by atoms with Gasteiger partial charge in [-0.2, -0.15) is 0 Å². The minimum absolute atomic E-state index is 0.0315. The number of carbonyl (C=O) groups excluding carboxylic acids is 1. The van der Waals surface area contributed by atoms with Crippen LogP contribution in [0.15, 0.2) is 78.9 Å². The van der Waals surface area contributed by atoms with Crippen molar-refractivity contribution in [3.63, 3.8) is 0 Å². The molecule has 220 valence electrons. The molecule has 1 aromatic heterocycles. The van der Waals surface area contributed by atoms with Crippen LogP contribution >= 0.6 is 0 Å². The number of ether oxygens (including phenoxy) is 1. The molecule has 4 aromatic rings. The van der Waals surface area contributed by atoms with Crippen LogP contribution in [0, 0.1) is 15.9 Å². The van der Waals surface area contributed by atoms with Crippen LogP contribution in [-0.2, 0) is 27.6 Å². The zero-order valence-electron chi connectivity index (χ0n) is 23.4. The molecule has 42 heavy (non-hydrogen) atoms. The molecular formula is C32H33FN2O7. The smallest absolute Gasteiger partial charge is 0.308 e. The van der Waals surface area contributed by atoms with Crippen molar-refractivity contribution in [2.45, 2.75) is 58.2 Å². The summed E-state index contributed by atoms with van der Waals surface area (Å²) in [5, 5.41) is 31.6. The number of halogens is 1. The van der Waals surface area contributed by atoms with Gasteiger partial charge in [0.05, 0.1) is 18.6 Å². The maximum absolute atomic E-state index is 13.7. The fourth-order valence-corrected chi connectivity index (χ4v) is 4.84. The van der Waals surface area contributed by atoms with E-state index in [0.29, 0.717) is 11.1 Å². The Hall–Kier alpha value is -4.54. The lowest BCUT2D eigenvalue weighted by Crippen LogP contribution is -2.20. The highest BCUT2D eigenvalue weighted by Crippen LogP contribution is 2.38. The Morgan fingerprint density at radius 1 is 1.00 bits per heavy atom. The van der Waals surface area contributed by atoms with Gasteiger partial charge in [0.1, 0.15) is 19.0 Å². The van der Waals surface area contributed by atoms with E-state index in [1.54, 1.807) is 48.6 Å². The predicted molar refractivity (Wildman–Crippen MR) is 156 cm³/mol. The molecule has 0 saturated carbocycles. The van der Waals surface area contributed by atoms with Crippen molar-refractivity contribution in [3.05, 3.63) is 112 Å². The van der Waals surface area contributed by atoms with E-state index in [-0.39, 0.29) is 37.9 Å². The Kier molecular flexibility index (Phi) is 10.1. The van der Waals surface area contributed by atoms with Gasteiger partial charge in [0, 0.05) is 34.6 Å². The number of rotatable bonds is 13. The second-order valence-corrected chi connectivity index (χ2v) is 10.2. The second kappa shape index (κ2) is 13.9. The number of benzene rings is 3. The minimum Gasteiger partial charge on any atom is -0.461 e. The van der Waals surface area contributed by atoms with Gasteiger partial charge in [-0.15, -0.1) is 10.1 Å². The Bertz CT molecular complexity index is 1550. The monoisotopic (exact) mass is 576 g/mol. The molecule has 0 saturated heterocycles. The lowest BCUT2D eigenvalue weighted by atomic mass is 10.0. The van der Waals surface area contributed by atoms with Gasteiger partial charge >= 0.3 is 5.97 Å². The second-order valence-electron chi connectivity index (χ2n) is 10.2. The fraction of sp³-hybridized carbons (Fsp3) is 0.281. The number of carbonyl (C=O) groups is 1. The van der Waals surface area contributed by atoms with Gasteiger partial charge in [-0.1, -0.05) is 60.7 Å². The van der Waals surface area contributed by atoms with Crippen molar-refractivity contribution < 1.29 is 34.1 Å². The summed E-state index contributed by atoms with van der Waals surface area (Å²) in [6, 6.07) is 20.9. The molecule has 2 N–H and O–H groups in total. The first-order valence-corrected chi connectivity index (χ1v) is 13.6. The molecule has 0 fully saturated rings. The third-order valence-corrected chi connectivity index (χ3v) is 6.75. The summed E-state index contributed by atoms with van der Waals surface area (Å²) in [6.07, 6.45) is 0.831. The molecule has 9 nitrogen and oxygen atoms in total. The van der Waals surface area contributed by atoms with Crippen LogP contribution in [0.25, 0.3) is 28.1 Å². The maximum Gasteiger partial charge on any atom is 0.308 e. The third kappa shape index (κ3) is 7.80. The summed E-state index contributed by atoms with van der Waals surface area (Å²) in [5.74, 6) is -0.956. The molecule has 0 aliphatic rings. The number of fused-ring (bicyclic) bond motifs is 1. The maximum atomic E-state index is 13.7. The molecule has 1 heterocycles. The van der Waals surface area contributed by atoms with E-state index in [0.717, 1.165) is 27.7 Å². The normalized spacial score (nSPS) is 13.0. The summed E-state index contributed by atoms with van der Waals surface area (Å²) < 4.78 is 21.1. The van der Waals surface area contributed by atoms with Gasteiger partial charge in [-0.05, 0) is 54.8 Å². The van der Waals surface area contributed by atoms with Crippen molar-refractivity contribution in [2.24, 2.45) is 0 Å². The van der Waals surface area contributed by atoms with Gasteiger partial charge in [0.2, 0.25) is 0 Å². The van der Waals surface area contributed by atoms with Gasteiger partial charge in [0.25, 0.3) is 5.09 Å². The third-order valence-electron chi connectivity index (χ3n) is 6.75. The first-order valence-electron chi connectivity index (χ1n) is 13.6. The van der Waals surface area contributed by atoms with E-state index < -0.39 is 23.3 Å². The Labute approximate surface area is 242 Å². The van der Waals surface area contributed by atoms with Crippen molar-refractivity contribution in [2.75, 3.05) is 0 Å². The molecule has 10 heteroatoms. The minimum atomic E-state index is -1.13. The van der Waals surface area contributed by atoms with Crippen LogP contribution in [0.2, 0.25) is 0 Å². The highest BCUT2D eigenvalue weighted by Gasteiger charge is 2.20. The van der Waals surface area contributed by atoms with Crippen LogP contribution in [0.4, 0.5) is 4.39 Å². The van der Waals surface area contributed by atoms with E-state index in [2.05, 4.69) is 23.3 Å². The average Bonchev–Trinajstić information content (AvgIpc) is 3.29. The van der Waals surface area contributed by atoms with E-state index in [1.165, 1.54) is 12.1 Å². The first-order chi connectivity index (χ1) is 20.1. The van der Waals surface area contributed by atoms with Crippen molar-refractivity contribution in [1.82, 2.24) is 4.57 Å². The molecule has 0 amide bonds. The standard InChI is InChI=1S/C32H33FN2O7/c1-21(2)34-29-6-4-3-5-28(29)32(24-11-13-25(33)14-12-24)30(34)16-15-26(36)17-27(37)18-31(38)41-19-22-7-9-23(10-8-22)20-42-35(39)40/h3-16,21,26-27,36-37H,17-20H2,1-2H3/b16-15+/t26-,27-/m0/s1. The molecule has 0 bridgehead atoms. The number of nitrogens with zero attached hydrogens (tertiary/aromatic N) is 2. The molecule has 3 aromatic carbocycles. The van der Waals surface area contributed by atoms with Crippen LogP contribution < -0.4 is 0 Å². The highest BCUT2D eigenvalue weighted by molar-refractivity contribution is 6.01. The average molecular weight is 577 g/mol.